The predicted octanol–water partition coefficient (Wildman–Crippen LogP) is 4.29. The molecule has 0 unspecified atom stereocenters. The van der Waals surface area contributed by atoms with Crippen LogP contribution >= 0.6 is 0 Å². The first-order valence-corrected chi connectivity index (χ1v) is 10.7. The Morgan fingerprint density at radius 2 is 1.57 bits per heavy atom. The average molecular weight is 405 g/mol. The largest absolute Gasteiger partial charge is 0.323 e. The number of halogens is 1. The lowest BCUT2D eigenvalue weighted by Crippen LogP contribution is -2.32. The summed E-state index contributed by atoms with van der Waals surface area (Å²) in [5, 5.41) is 2.67. The molecule has 0 bridgehead atoms. The van der Waals surface area contributed by atoms with Gasteiger partial charge in [0.05, 0.1) is 4.90 Å². The molecule has 2 rings (SSSR count). The standard InChI is InChI=1S/C21H25FN2O3S/c1-3-15-24(16-4-2)28(26,27)20-12-10-19(11-13-20)23-21(25)14-7-17-5-8-18(22)9-6-17/h5-14H,3-4,15-16H2,1-2H3,(H,23,25)/b14-7+. The number of carbonyl (C=O) groups excluding carboxylic acids is 1. The van der Waals surface area contributed by atoms with Crippen molar-refractivity contribution in [2.24, 2.45) is 0 Å². The summed E-state index contributed by atoms with van der Waals surface area (Å²) in [5.41, 5.74) is 1.19. The molecule has 7 heteroatoms. The molecule has 0 spiro atoms. The third-order valence-corrected chi connectivity index (χ3v) is 5.92. The molecule has 2 aromatic carbocycles. The van der Waals surface area contributed by atoms with Gasteiger partial charge in [-0.2, -0.15) is 4.31 Å². The summed E-state index contributed by atoms with van der Waals surface area (Å²) in [4.78, 5) is 12.2. The Bertz CT molecular complexity index is 902. The van der Waals surface area contributed by atoms with Crippen molar-refractivity contribution in [2.75, 3.05) is 18.4 Å². The molecule has 0 saturated carbocycles. The van der Waals surface area contributed by atoms with E-state index in [0.29, 0.717) is 24.3 Å². The van der Waals surface area contributed by atoms with Gasteiger partial charge in [-0.05, 0) is 60.9 Å². The van der Waals surface area contributed by atoms with Gasteiger partial charge in [-0.1, -0.05) is 26.0 Å². The molecule has 5 nitrogen and oxygen atoms in total. The molecular formula is C21H25FN2O3S. The number of amides is 1. The molecule has 0 aliphatic heterocycles. The molecule has 28 heavy (non-hydrogen) atoms. The zero-order valence-electron chi connectivity index (χ0n) is 16.1. The van der Waals surface area contributed by atoms with Crippen molar-refractivity contribution in [2.45, 2.75) is 31.6 Å². The fourth-order valence-corrected chi connectivity index (χ4v) is 4.26. The monoisotopic (exact) mass is 404 g/mol. The molecule has 0 atom stereocenters. The number of anilines is 1. The molecule has 150 valence electrons. The third kappa shape index (κ3) is 6.00. The van der Waals surface area contributed by atoms with Gasteiger partial charge in [-0.15, -0.1) is 0 Å². The number of hydrogen-bond acceptors (Lipinski definition) is 3. The van der Waals surface area contributed by atoms with Crippen LogP contribution in [0.4, 0.5) is 10.1 Å². The Morgan fingerprint density at radius 3 is 2.11 bits per heavy atom. The second-order valence-corrected chi connectivity index (χ2v) is 8.24. The van der Waals surface area contributed by atoms with Crippen molar-refractivity contribution < 1.29 is 17.6 Å². The second-order valence-electron chi connectivity index (χ2n) is 6.30. The van der Waals surface area contributed by atoms with E-state index in [0.717, 1.165) is 12.8 Å². The molecular weight excluding hydrogens is 379 g/mol. The van der Waals surface area contributed by atoms with Crippen molar-refractivity contribution >= 4 is 27.7 Å². The van der Waals surface area contributed by atoms with Gasteiger partial charge >= 0.3 is 0 Å². The van der Waals surface area contributed by atoms with E-state index in [-0.39, 0.29) is 16.6 Å². The summed E-state index contributed by atoms with van der Waals surface area (Å²) in [6.07, 6.45) is 4.39. The average Bonchev–Trinajstić information content (AvgIpc) is 2.68. The van der Waals surface area contributed by atoms with Gasteiger partial charge in [0, 0.05) is 24.9 Å². The lowest BCUT2D eigenvalue weighted by Gasteiger charge is -2.21. The minimum absolute atomic E-state index is 0.203. The normalized spacial score (nSPS) is 11.9. The predicted molar refractivity (Wildman–Crippen MR) is 110 cm³/mol. The smallest absolute Gasteiger partial charge is 0.248 e. The molecule has 1 amide bonds. The summed E-state index contributed by atoms with van der Waals surface area (Å²) in [6.45, 7) is 4.83. The van der Waals surface area contributed by atoms with Crippen molar-refractivity contribution in [1.82, 2.24) is 4.31 Å². The summed E-state index contributed by atoms with van der Waals surface area (Å²) < 4.78 is 39.8. The van der Waals surface area contributed by atoms with Gasteiger partial charge in [0.15, 0.2) is 0 Å². The highest BCUT2D eigenvalue weighted by atomic mass is 32.2. The zero-order chi connectivity index (χ0) is 20.6. The van der Waals surface area contributed by atoms with Crippen LogP contribution in [-0.2, 0) is 14.8 Å². The van der Waals surface area contributed by atoms with Gasteiger partial charge in [-0.25, -0.2) is 12.8 Å². The van der Waals surface area contributed by atoms with Crippen LogP contribution in [0, 0.1) is 5.82 Å². The fourth-order valence-electron chi connectivity index (χ4n) is 2.64. The first-order chi connectivity index (χ1) is 13.4. The maximum absolute atomic E-state index is 12.9. The Morgan fingerprint density at radius 1 is 1.00 bits per heavy atom. The van der Waals surface area contributed by atoms with Gasteiger partial charge in [-0.3, -0.25) is 4.79 Å². The molecule has 0 aliphatic carbocycles. The molecule has 0 aromatic heterocycles. The lowest BCUT2D eigenvalue weighted by molar-refractivity contribution is -0.111. The molecule has 0 fully saturated rings. The minimum atomic E-state index is -3.54. The number of rotatable bonds is 9. The number of sulfonamides is 1. The molecule has 0 radical (unpaired) electrons. The highest BCUT2D eigenvalue weighted by molar-refractivity contribution is 7.89. The van der Waals surface area contributed by atoms with Crippen LogP contribution < -0.4 is 5.32 Å². The van der Waals surface area contributed by atoms with E-state index < -0.39 is 10.0 Å². The van der Waals surface area contributed by atoms with Crippen LogP contribution in [0.1, 0.15) is 32.3 Å². The van der Waals surface area contributed by atoms with Gasteiger partial charge in [0.2, 0.25) is 15.9 Å². The molecule has 0 heterocycles. The van der Waals surface area contributed by atoms with E-state index in [1.807, 2.05) is 13.8 Å². The van der Waals surface area contributed by atoms with E-state index in [1.165, 1.54) is 34.6 Å². The topological polar surface area (TPSA) is 66.5 Å². The molecule has 0 aliphatic rings. The second kappa shape index (κ2) is 10.1. The van der Waals surface area contributed by atoms with E-state index in [4.69, 9.17) is 0 Å². The maximum Gasteiger partial charge on any atom is 0.248 e. The number of benzene rings is 2. The van der Waals surface area contributed by atoms with Crippen molar-refractivity contribution in [1.29, 1.82) is 0 Å². The molecule has 0 saturated heterocycles. The quantitative estimate of drug-likeness (QED) is 0.634. The molecule has 2 aromatic rings. The number of nitrogens with zero attached hydrogens (tertiary/aromatic N) is 1. The van der Waals surface area contributed by atoms with E-state index in [9.17, 15) is 17.6 Å². The van der Waals surface area contributed by atoms with Gasteiger partial charge < -0.3 is 5.32 Å². The lowest BCUT2D eigenvalue weighted by atomic mass is 10.2. The summed E-state index contributed by atoms with van der Waals surface area (Å²) >= 11 is 0. The Balaban J connectivity index is 2.05. The Kier molecular flexibility index (Phi) is 7.90. The highest BCUT2D eigenvalue weighted by Crippen LogP contribution is 2.19. The third-order valence-electron chi connectivity index (χ3n) is 4.00. The minimum Gasteiger partial charge on any atom is -0.323 e. The molecule has 1 N–H and O–H groups in total. The van der Waals surface area contributed by atoms with Crippen LogP contribution in [0.5, 0.6) is 0 Å². The zero-order valence-corrected chi connectivity index (χ0v) is 16.9. The van der Waals surface area contributed by atoms with Gasteiger partial charge in [0.25, 0.3) is 0 Å². The van der Waals surface area contributed by atoms with E-state index in [1.54, 1.807) is 30.3 Å². The first-order valence-electron chi connectivity index (χ1n) is 9.21. The van der Waals surface area contributed by atoms with Crippen LogP contribution in [0.15, 0.2) is 59.5 Å². The number of hydrogen-bond donors (Lipinski definition) is 1. The SMILES string of the molecule is CCCN(CCC)S(=O)(=O)c1ccc(NC(=O)/C=C/c2ccc(F)cc2)cc1. The maximum atomic E-state index is 12.9. The van der Waals surface area contributed by atoms with Crippen molar-refractivity contribution in [3.63, 3.8) is 0 Å². The fraction of sp³-hybridized carbons (Fsp3) is 0.286. The summed E-state index contributed by atoms with van der Waals surface area (Å²) in [7, 11) is -3.54. The Hall–Kier alpha value is -2.51. The van der Waals surface area contributed by atoms with Gasteiger partial charge in [0.1, 0.15) is 5.82 Å². The van der Waals surface area contributed by atoms with Crippen LogP contribution in [-0.4, -0.2) is 31.7 Å². The highest BCUT2D eigenvalue weighted by Gasteiger charge is 2.22. The number of carbonyl (C=O) groups is 1. The summed E-state index contributed by atoms with van der Waals surface area (Å²) in [6, 6.07) is 11.9. The first kappa shape index (κ1) is 21.8. The van der Waals surface area contributed by atoms with Crippen molar-refractivity contribution in [3.05, 3.63) is 66.0 Å². The van der Waals surface area contributed by atoms with E-state index >= 15 is 0 Å². The number of nitrogens with one attached hydrogen (secondary N) is 1. The van der Waals surface area contributed by atoms with Crippen molar-refractivity contribution in [3.8, 4) is 0 Å². The van der Waals surface area contributed by atoms with Crippen LogP contribution in [0.2, 0.25) is 0 Å². The Labute approximate surface area is 165 Å². The van der Waals surface area contributed by atoms with E-state index in [2.05, 4.69) is 5.32 Å². The van der Waals surface area contributed by atoms with Crippen LogP contribution in [0.3, 0.4) is 0 Å². The summed E-state index contributed by atoms with van der Waals surface area (Å²) in [5.74, 6) is -0.702. The van der Waals surface area contributed by atoms with Crippen LogP contribution in [0.25, 0.3) is 6.08 Å².